The van der Waals surface area contributed by atoms with Gasteiger partial charge in [-0.1, -0.05) is 12.1 Å². The number of rotatable bonds is 5. The summed E-state index contributed by atoms with van der Waals surface area (Å²) in [5, 5.41) is 0. The van der Waals surface area contributed by atoms with Crippen LogP contribution in [0.4, 0.5) is 10.1 Å². The van der Waals surface area contributed by atoms with Crippen LogP contribution in [-0.2, 0) is 14.8 Å². The van der Waals surface area contributed by atoms with Crippen molar-refractivity contribution in [1.29, 1.82) is 0 Å². The Bertz CT molecular complexity index is 1350. The second-order valence-corrected chi connectivity index (χ2v) is 9.08. The van der Waals surface area contributed by atoms with Crippen LogP contribution < -0.4 is 25.0 Å². The maximum absolute atomic E-state index is 13.4. The third-order valence-corrected chi connectivity index (χ3v) is 6.32. The number of anilines is 1. The molecule has 34 heavy (non-hydrogen) atoms. The molecule has 9 nitrogen and oxygen atoms in total. The smallest absolute Gasteiger partial charge is 0.283 e. The third-order valence-electron chi connectivity index (χ3n) is 4.94. The molecule has 4 rings (SSSR count). The van der Waals surface area contributed by atoms with E-state index in [0.717, 1.165) is 12.1 Å². The Morgan fingerprint density at radius 2 is 1.68 bits per heavy atom. The largest absolute Gasteiger partial charge is 0.485 e. The summed E-state index contributed by atoms with van der Waals surface area (Å²) < 4.78 is 51.8. The monoisotopic (exact) mass is 485 g/mol. The van der Waals surface area contributed by atoms with Crippen LogP contribution in [0.2, 0.25) is 0 Å². The minimum atomic E-state index is -3.94. The topological polar surface area (TPSA) is 123 Å². The summed E-state index contributed by atoms with van der Waals surface area (Å²) in [6.07, 6.45) is -0.943. The summed E-state index contributed by atoms with van der Waals surface area (Å²) in [5.41, 5.74) is 5.13. The molecule has 0 bridgehead atoms. The maximum Gasteiger partial charge on any atom is 0.283 e. The van der Waals surface area contributed by atoms with Crippen LogP contribution in [0.25, 0.3) is 0 Å². The predicted octanol–water partition coefficient (Wildman–Crippen LogP) is 2.54. The minimum absolute atomic E-state index is 0.0128. The SMILES string of the molecule is Cc1cc(S(=O)(=O)Nc2ccc(C(=O)NNC(=O)C3COc4ccccc4O3)cc2)ccc1F. The number of fused-ring (bicyclic) bond motifs is 1. The second kappa shape index (κ2) is 9.40. The van der Waals surface area contributed by atoms with Gasteiger partial charge >= 0.3 is 0 Å². The van der Waals surface area contributed by atoms with Crippen LogP contribution in [0.3, 0.4) is 0 Å². The number of carbonyl (C=O) groups is 2. The van der Waals surface area contributed by atoms with Crippen molar-refractivity contribution in [2.75, 3.05) is 11.3 Å². The Labute approximate surface area is 194 Å². The highest BCUT2D eigenvalue weighted by Crippen LogP contribution is 2.30. The number of halogens is 1. The van der Waals surface area contributed by atoms with Gasteiger partial charge in [0.05, 0.1) is 4.90 Å². The first-order valence-electron chi connectivity index (χ1n) is 10.1. The van der Waals surface area contributed by atoms with Crippen molar-refractivity contribution in [3.8, 4) is 11.5 Å². The van der Waals surface area contributed by atoms with E-state index in [2.05, 4.69) is 15.6 Å². The van der Waals surface area contributed by atoms with Crippen molar-refractivity contribution in [2.45, 2.75) is 17.9 Å². The van der Waals surface area contributed by atoms with Gasteiger partial charge in [-0.15, -0.1) is 0 Å². The van der Waals surface area contributed by atoms with Gasteiger partial charge in [0.1, 0.15) is 12.4 Å². The molecule has 1 unspecified atom stereocenters. The van der Waals surface area contributed by atoms with Gasteiger partial charge in [-0.3, -0.25) is 25.2 Å². The van der Waals surface area contributed by atoms with Gasteiger partial charge < -0.3 is 9.47 Å². The molecule has 3 aromatic rings. The fourth-order valence-electron chi connectivity index (χ4n) is 3.11. The van der Waals surface area contributed by atoms with Gasteiger partial charge in [-0.2, -0.15) is 0 Å². The lowest BCUT2D eigenvalue weighted by Crippen LogP contribution is -2.50. The molecule has 0 saturated heterocycles. The molecule has 0 spiro atoms. The van der Waals surface area contributed by atoms with E-state index in [1.807, 2.05) is 0 Å². The average molecular weight is 485 g/mol. The molecule has 11 heteroatoms. The van der Waals surface area contributed by atoms with Gasteiger partial charge in [0.15, 0.2) is 11.5 Å². The number of sulfonamides is 1. The lowest BCUT2D eigenvalue weighted by atomic mass is 10.2. The Hall–Kier alpha value is -4.12. The first-order valence-corrected chi connectivity index (χ1v) is 11.6. The molecule has 3 aromatic carbocycles. The van der Waals surface area contributed by atoms with Crippen molar-refractivity contribution >= 4 is 27.5 Å². The first kappa shape index (κ1) is 23.1. The van der Waals surface area contributed by atoms with Crippen LogP contribution >= 0.6 is 0 Å². The predicted molar refractivity (Wildman–Crippen MR) is 120 cm³/mol. The first-order chi connectivity index (χ1) is 16.2. The summed E-state index contributed by atoms with van der Waals surface area (Å²) in [7, 11) is -3.94. The van der Waals surface area contributed by atoms with E-state index in [4.69, 9.17) is 9.47 Å². The third kappa shape index (κ3) is 5.09. The Kier molecular flexibility index (Phi) is 6.37. The molecule has 1 atom stereocenters. The van der Waals surface area contributed by atoms with Crippen LogP contribution in [0.5, 0.6) is 11.5 Å². The summed E-state index contributed by atoms with van der Waals surface area (Å²) in [6.45, 7) is 1.45. The van der Waals surface area contributed by atoms with Gasteiger partial charge in [-0.25, -0.2) is 12.8 Å². The zero-order valence-electron chi connectivity index (χ0n) is 17.9. The fourth-order valence-corrected chi connectivity index (χ4v) is 4.25. The molecule has 0 fully saturated rings. The average Bonchev–Trinajstić information content (AvgIpc) is 2.83. The van der Waals surface area contributed by atoms with E-state index in [1.54, 1.807) is 24.3 Å². The lowest BCUT2D eigenvalue weighted by molar-refractivity contribution is -0.131. The molecular formula is C23H20FN3O6S. The molecule has 0 saturated carbocycles. The number of nitrogens with one attached hydrogen (secondary N) is 3. The number of benzene rings is 3. The van der Waals surface area contributed by atoms with E-state index < -0.39 is 33.8 Å². The Balaban J connectivity index is 1.33. The van der Waals surface area contributed by atoms with Crippen molar-refractivity contribution in [1.82, 2.24) is 10.9 Å². The molecule has 1 heterocycles. The van der Waals surface area contributed by atoms with E-state index >= 15 is 0 Å². The number of ether oxygens (including phenoxy) is 2. The summed E-state index contributed by atoms with van der Waals surface area (Å²) in [5.74, 6) is -0.764. The van der Waals surface area contributed by atoms with Gasteiger partial charge in [0.2, 0.25) is 6.10 Å². The molecule has 1 aliphatic heterocycles. The number of para-hydroxylation sites is 2. The molecule has 1 aliphatic rings. The Morgan fingerprint density at radius 3 is 2.38 bits per heavy atom. The summed E-state index contributed by atoms with van der Waals surface area (Å²) >= 11 is 0. The zero-order chi connectivity index (χ0) is 24.3. The number of amides is 2. The molecule has 0 radical (unpaired) electrons. The quantitative estimate of drug-likeness (QED) is 0.478. The molecule has 0 aromatic heterocycles. The molecular weight excluding hydrogens is 465 g/mol. The van der Waals surface area contributed by atoms with Gasteiger partial charge in [0, 0.05) is 11.3 Å². The minimum Gasteiger partial charge on any atom is -0.485 e. The van der Waals surface area contributed by atoms with E-state index in [9.17, 15) is 22.4 Å². The number of carbonyl (C=O) groups excluding carboxylic acids is 2. The molecule has 2 amide bonds. The van der Waals surface area contributed by atoms with Gasteiger partial charge in [-0.05, 0) is 67.1 Å². The van der Waals surface area contributed by atoms with Crippen molar-refractivity contribution in [2.24, 2.45) is 0 Å². The second-order valence-electron chi connectivity index (χ2n) is 7.40. The summed E-state index contributed by atoms with van der Waals surface area (Å²) in [4.78, 5) is 24.6. The number of hydrogen-bond donors (Lipinski definition) is 3. The van der Waals surface area contributed by atoms with Crippen molar-refractivity contribution in [3.05, 3.63) is 83.7 Å². The highest BCUT2D eigenvalue weighted by atomic mass is 32.2. The van der Waals surface area contributed by atoms with E-state index in [-0.39, 0.29) is 28.3 Å². The number of hydrazine groups is 1. The highest BCUT2D eigenvalue weighted by Gasteiger charge is 2.27. The normalized spacial score (nSPS) is 14.7. The van der Waals surface area contributed by atoms with E-state index in [1.165, 1.54) is 37.3 Å². The molecule has 0 aliphatic carbocycles. The molecule has 3 N–H and O–H groups in total. The maximum atomic E-state index is 13.4. The van der Waals surface area contributed by atoms with Crippen LogP contribution in [-0.4, -0.2) is 32.9 Å². The summed E-state index contributed by atoms with van der Waals surface area (Å²) in [6, 6.07) is 15.9. The van der Waals surface area contributed by atoms with Crippen molar-refractivity contribution in [3.63, 3.8) is 0 Å². The number of aryl methyl sites for hydroxylation is 1. The molecule has 176 valence electrons. The van der Waals surface area contributed by atoms with Gasteiger partial charge in [0.25, 0.3) is 21.8 Å². The lowest BCUT2D eigenvalue weighted by Gasteiger charge is -2.25. The van der Waals surface area contributed by atoms with E-state index in [0.29, 0.717) is 11.5 Å². The van der Waals surface area contributed by atoms with Crippen molar-refractivity contribution < 1.29 is 31.9 Å². The fraction of sp³-hybridized carbons (Fsp3) is 0.130. The zero-order valence-corrected chi connectivity index (χ0v) is 18.7. The Morgan fingerprint density at radius 1 is 0.971 bits per heavy atom. The number of hydrogen-bond acceptors (Lipinski definition) is 6. The highest BCUT2D eigenvalue weighted by molar-refractivity contribution is 7.92. The van der Waals surface area contributed by atoms with Crippen LogP contribution in [0.15, 0.2) is 71.6 Å². The van der Waals surface area contributed by atoms with Crippen LogP contribution in [0, 0.1) is 12.7 Å². The van der Waals surface area contributed by atoms with Crippen LogP contribution in [0.1, 0.15) is 15.9 Å². The standard InChI is InChI=1S/C23H20FN3O6S/c1-14-12-17(10-11-18(14)24)34(30,31)27-16-8-6-15(7-9-16)22(28)25-26-23(29)21-13-32-19-4-2-3-5-20(19)33-21/h2-12,21,27H,13H2,1H3,(H,25,28)(H,26,29).